The molecule has 1 N–H and O–H groups in total. The van der Waals surface area contributed by atoms with Gasteiger partial charge in [0, 0.05) is 0 Å². The predicted molar refractivity (Wildman–Crippen MR) is 184 cm³/mol. The van der Waals surface area contributed by atoms with Gasteiger partial charge in [-0.05, 0) is 154 Å². The molecule has 0 aromatic heterocycles. The Hall–Kier alpha value is -3.46. The van der Waals surface area contributed by atoms with Crippen LogP contribution in [-0.2, 0) is 21.0 Å². The van der Waals surface area contributed by atoms with Crippen LogP contribution in [0.25, 0.3) is 0 Å². The summed E-state index contributed by atoms with van der Waals surface area (Å²) in [4.78, 5) is 3.63. The summed E-state index contributed by atoms with van der Waals surface area (Å²) < 4.78 is 47.7. The molecule has 4 aromatic rings. The minimum atomic E-state index is -4.02. The SMILES string of the molecule is CC(C)(C)Oc1ccc([S+](c2ccc(OC(C)(C)C)cc2)c2ccc(OC(C)(C)C)cc2)cc1.Cc1ccc(S(=O)(=O)O)cc1. The van der Waals surface area contributed by atoms with Gasteiger partial charge in [0.05, 0.1) is 15.8 Å². The molecule has 45 heavy (non-hydrogen) atoms. The minimum Gasteiger partial charge on any atom is -0.488 e. The highest BCUT2D eigenvalue weighted by Crippen LogP contribution is 2.35. The molecule has 242 valence electrons. The summed E-state index contributed by atoms with van der Waals surface area (Å²) >= 11 is 0. The molecule has 0 spiro atoms. The second-order valence-corrected chi connectivity index (χ2v) is 17.1. The molecular weight excluding hydrogens is 605 g/mol. The van der Waals surface area contributed by atoms with Crippen molar-refractivity contribution >= 4 is 21.0 Å². The highest BCUT2D eigenvalue weighted by molar-refractivity contribution is 7.97. The first-order valence-electron chi connectivity index (χ1n) is 14.8. The molecule has 0 aliphatic rings. The second kappa shape index (κ2) is 14.3. The van der Waals surface area contributed by atoms with Crippen molar-refractivity contribution < 1.29 is 27.2 Å². The van der Waals surface area contributed by atoms with E-state index in [1.807, 2.05) is 6.92 Å². The average molecular weight is 652 g/mol. The number of aryl methyl sites for hydroxylation is 1. The molecular formula is C37H47O6S2+. The third-order valence-electron chi connectivity index (χ3n) is 5.77. The Balaban J connectivity index is 0.000000423. The first-order chi connectivity index (χ1) is 20.7. The molecule has 4 aromatic carbocycles. The van der Waals surface area contributed by atoms with E-state index >= 15 is 0 Å². The second-order valence-electron chi connectivity index (χ2n) is 13.7. The molecule has 0 fully saturated rings. The van der Waals surface area contributed by atoms with Crippen LogP contribution in [0.4, 0.5) is 0 Å². The molecule has 0 amide bonds. The van der Waals surface area contributed by atoms with Crippen LogP contribution in [0.5, 0.6) is 17.2 Å². The van der Waals surface area contributed by atoms with Gasteiger partial charge in [0.15, 0.2) is 14.7 Å². The third-order valence-corrected chi connectivity index (χ3v) is 8.87. The van der Waals surface area contributed by atoms with Gasteiger partial charge in [-0.3, -0.25) is 4.55 Å². The minimum absolute atomic E-state index is 0.0666. The van der Waals surface area contributed by atoms with Gasteiger partial charge in [0.2, 0.25) is 0 Å². The van der Waals surface area contributed by atoms with Crippen molar-refractivity contribution in [1.29, 1.82) is 0 Å². The highest BCUT2D eigenvalue weighted by Gasteiger charge is 2.29. The summed E-state index contributed by atoms with van der Waals surface area (Å²) in [6.07, 6.45) is 0. The number of benzene rings is 4. The monoisotopic (exact) mass is 651 g/mol. The van der Waals surface area contributed by atoms with E-state index in [1.165, 1.54) is 26.8 Å². The van der Waals surface area contributed by atoms with Crippen molar-refractivity contribution in [2.75, 3.05) is 0 Å². The van der Waals surface area contributed by atoms with Crippen LogP contribution >= 0.6 is 0 Å². The van der Waals surface area contributed by atoms with Crippen LogP contribution in [0.15, 0.2) is 117 Å². The molecule has 0 heterocycles. The lowest BCUT2D eigenvalue weighted by Gasteiger charge is -2.22. The van der Waals surface area contributed by atoms with Gasteiger partial charge >= 0.3 is 0 Å². The van der Waals surface area contributed by atoms with E-state index in [9.17, 15) is 8.42 Å². The summed E-state index contributed by atoms with van der Waals surface area (Å²) in [5.41, 5.74) is 0.274. The van der Waals surface area contributed by atoms with Crippen molar-refractivity contribution in [3.8, 4) is 17.2 Å². The van der Waals surface area contributed by atoms with Gasteiger partial charge in [-0.1, -0.05) is 17.7 Å². The molecule has 0 bridgehead atoms. The van der Waals surface area contributed by atoms with E-state index in [1.54, 1.807) is 12.1 Å². The third kappa shape index (κ3) is 12.5. The van der Waals surface area contributed by atoms with Crippen molar-refractivity contribution in [3.05, 3.63) is 103 Å². The smallest absolute Gasteiger partial charge is 0.294 e. The van der Waals surface area contributed by atoms with E-state index in [0.29, 0.717) is 0 Å². The molecule has 6 nitrogen and oxygen atoms in total. The molecule has 8 heteroatoms. The fourth-order valence-corrected chi connectivity index (χ4v) is 6.63. The zero-order valence-electron chi connectivity index (χ0n) is 28.0. The van der Waals surface area contributed by atoms with E-state index in [0.717, 1.165) is 22.8 Å². The zero-order valence-corrected chi connectivity index (χ0v) is 29.7. The Morgan fingerprint density at radius 2 is 0.756 bits per heavy atom. The summed E-state index contributed by atoms with van der Waals surface area (Å²) in [6, 6.07) is 31.4. The Morgan fingerprint density at radius 3 is 0.978 bits per heavy atom. The van der Waals surface area contributed by atoms with Crippen LogP contribution in [0.2, 0.25) is 0 Å². The fourth-order valence-electron chi connectivity index (χ4n) is 4.11. The van der Waals surface area contributed by atoms with Gasteiger partial charge in [0.25, 0.3) is 10.1 Å². The predicted octanol–water partition coefficient (Wildman–Crippen LogP) is 9.56. The van der Waals surface area contributed by atoms with Crippen molar-refractivity contribution in [2.24, 2.45) is 0 Å². The maximum Gasteiger partial charge on any atom is 0.294 e. The Labute approximate surface area is 272 Å². The molecule has 0 atom stereocenters. The Morgan fingerprint density at radius 1 is 0.489 bits per heavy atom. The van der Waals surface area contributed by atoms with Gasteiger partial charge in [-0.15, -0.1) is 0 Å². The van der Waals surface area contributed by atoms with E-state index in [4.69, 9.17) is 18.8 Å². The lowest BCUT2D eigenvalue weighted by Crippen LogP contribution is -2.23. The number of hydrogen-bond acceptors (Lipinski definition) is 5. The Bertz CT molecular complexity index is 1470. The maximum absolute atomic E-state index is 10.5. The maximum atomic E-state index is 10.5. The largest absolute Gasteiger partial charge is 0.488 e. The van der Waals surface area contributed by atoms with Gasteiger partial charge in [0.1, 0.15) is 34.1 Å². The van der Waals surface area contributed by atoms with E-state index in [-0.39, 0.29) is 32.6 Å². The molecule has 0 saturated carbocycles. The number of hydrogen-bond donors (Lipinski definition) is 1. The normalized spacial score (nSPS) is 12.3. The summed E-state index contributed by atoms with van der Waals surface area (Å²) in [5.74, 6) is 2.63. The van der Waals surface area contributed by atoms with Crippen molar-refractivity contribution in [1.82, 2.24) is 0 Å². The summed E-state index contributed by atoms with van der Waals surface area (Å²) in [6.45, 7) is 20.4. The van der Waals surface area contributed by atoms with Crippen LogP contribution in [0, 0.1) is 6.92 Å². The van der Waals surface area contributed by atoms with Gasteiger partial charge in [-0.2, -0.15) is 8.42 Å². The summed E-state index contributed by atoms with van der Waals surface area (Å²) in [7, 11) is -4.30. The van der Waals surface area contributed by atoms with Crippen LogP contribution < -0.4 is 14.2 Å². The topological polar surface area (TPSA) is 82.1 Å². The van der Waals surface area contributed by atoms with Crippen molar-refractivity contribution in [2.45, 2.75) is 106 Å². The molecule has 0 radical (unpaired) electrons. The van der Waals surface area contributed by atoms with E-state index < -0.39 is 10.1 Å². The van der Waals surface area contributed by atoms with E-state index in [2.05, 4.69) is 135 Å². The zero-order chi connectivity index (χ0) is 33.6. The van der Waals surface area contributed by atoms with Crippen LogP contribution in [0.3, 0.4) is 0 Å². The van der Waals surface area contributed by atoms with Crippen LogP contribution in [0.1, 0.15) is 67.9 Å². The lowest BCUT2D eigenvalue weighted by atomic mass is 10.2. The molecule has 0 saturated heterocycles. The quantitative estimate of drug-likeness (QED) is 0.158. The Kier molecular flexibility index (Phi) is 11.5. The van der Waals surface area contributed by atoms with Gasteiger partial charge < -0.3 is 14.2 Å². The summed E-state index contributed by atoms with van der Waals surface area (Å²) in [5, 5.41) is 0. The number of ether oxygens (including phenoxy) is 3. The van der Waals surface area contributed by atoms with Gasteiger partial charge in [-0.25, -0.2) is 0 Å². The standard InChI is InChI=1S/C30H39O3S.C7H8O3S/c1-28(2,3)31-22-10-16-25(17-11-22)34(26-18-12-23(13-19-26)32-29(4,5)6)27-20-14-24(15-21-27)33-30(7,8)9;1-6-2-4-7(5-3-6)11(8,9)10/h10-21H,1-9H3;2-5H,1H3,(H,8,9,10)/q+1;. The average Bonchev–Trinajstić information content (AvgIpc) is 2.89. The first-order valence-corrected chi connectivity index (χ1v) is 17.5. The molecule has 0 unspecified atom stereocenters. The first kappa shape index (κ1) is 36.0. The number of rotatable bonds is 7. The molecule has 0 aliphatic carbocycles. The molecule has 0 aliphatic heterocycles. The fraction of sp³-hybridized carbons (Fsp3) is 0.351. The van der Waals surface area contributed by atoms with Crippen molar-refractivity contribution in [3.63, 3.8) is 0 Å². The molecule has 4 rings (SSSR count). The van der Waals surface area contributed by atoms with Crippen LogP contribution in [-0.4, -0.2) is 29.8 Å². The highest BCUT2D eigenvalue weighted by atomic mass is 32.2. The lowest BCUT2D eigenvalue weighted by molar-refractivity contribution is 0.130.